The first-order valence-corrected chi connectivity index (χ1v) is 5.30. The Morgan fingerprint density at radius 1 is 1.41 bits per heavy atom. The molecule has 0 unspecified atom stereocenters. The van der Waals surface area contributed by atoms with Crippen molar-refractivity contribution in [2.24, 2.45) is 0 Å². The number of nitrogens with zero attached hydrogens (tertiary/aromatic N) is 4. The molecular weight excluding hydrogens is 216 g/mol. The Balaban J connectivity index is 2.49. The van der Waals surface area contributed by atoms with Gasteiger partial charge in [-0.1, -0.05) is 17.4 Å². The second-order valence-corrected chi connectivity index (χ2v) is 3.89. The zero-order valence-corrected chi connectivity index (χ0v) is 9.67. The number of hydrogen-bond acceptors (Lipinski definition) is 4. The van der Waals surface area contributed by atoms with Crippen molar-refractivity contribution in [3.05, 3.63) is 42.4 Å². The highest BCUT2D eigenvalue weighted by atomic mass is 16.3. The lowest BCUT2D eigenvalue weighted by molar-refractivity contribution is 0.277. The lowest BCUT2D eigenvalue weighted by Crippen LogP contribution is -2.03. The Morgan fingerprint density at radius 2 is 2.12 bits per heavy atom. The fraction of sp³-hybridized carbons (Fsp3) is 0.250. The smallest absolute Gasteiger partial charge is 0.116 e. The molecule has 0 atom stereocenters. The quantitative estimate of drug-likeness (QED) is 0.806. The summed E-state index contributed by atoms with van der Waals surface area (Å²) in [5.41, 5.74) is 3.31. The molecule has 2 rings (SSSR count). The molecule has 2 aromatic rings. The molecule has 0 aliphatic heterocycles. The zero-order valence-electron chi connectivity index (χ0n) is 9.67. The van der Waals surface area contributed by atoms with E-state index in [1.807, 2.05) is 19.1 Å². The van der Waals surface area contributed by atoms with E-state index < -0.39 is 0 Å². The van der Waals surface area contributed by atoms with Crippen molar-refractivity contribution >= 4 is 0 Å². The fourth-order valence-electron chi connectivity index (χ4n) is 1.65. The fourth-order valence-corrected chi connectivity index (χ4v) is 1.65. The molecule has 2 aromatic heterocycles. The Hall–Kier alpha value is -2.01. The standard InChI is InChI=1S/C12H14N4O/c1-9(2)7-16-12(11(8-17)14-15-16)10-3-5-13-6-4-10/h3-6,17H,1,7-8H2,2H3. The van der Waals surface area contributed by atoms with Crippen molar-refractivity contribution in [3.8, 4) is 11.3 Å². The zero-order chi connectivity index (χ0) is 12.3. The van der Waals surface area contributed by atoms with E-state index in [2.05, 4.69) is 21.9 Å². The molecule has 17 heavy (non-hydrogen) atoms. The molecule has 0 radical (unpaired) electrons. The molecule has 0 aliphatic carbocycles. The Bertz CT molecular complexity index is 519. The number of hydrogen-bond donors (Lipinski definition) is 1. The highest BCUT2D eigenvalue weighted by molar-refractivity contribution is 5.61. The van der Waals surface area contributed by atoms with Crippen LogP contribution in [0.4, 0.5) is 0 Å². The van der Waals surface area contributed by atoms with Crippen molar-refractivity contribution in [3.63, 3.8) is 0 Å². The Labute approximate surface area is 99.4 Å². The highest BCUT2D eigenvalue weighted by Gasteiger charge is 2.13. The van der Waals surface area contributed by atoms with Crippen LogP contribution >= 0.6 is 0 Å². The van der Waals surface area contributed by atoms with Gasteiger partial charge in [0, 0.05) is 18.0 Å². The van der Waals surface area contributed by atoms with Gasteiger partial charge < -0.3 is 5.11 Å². The molecule has 2 heterocycles. The van der Waals surface area contributed by atoms with Crippen LogP contribution in [0.1, 0.15) is 12.6 Å². The van der Waals surface area contributed by atoms with Crippen LogP contribution in [0.5, 0.6) is 0 Å². The molecule has 0 aliphatic rings. The number of rotatable bonds is 4. The summed E-state index contributed by atoms with van der Waals surface area (Å²) in [4.78, 5) is 3.97. The molecule has 5 heteroatoms. The lowest BCUT2D eigenvalue weighted by atomic mass is 10.1. The van der Waals surface area contributed by atoms with Gasteiger partial charge in [-0.15, -0.1) is 5.10 Å². The largest absolute Gasteiger partial charge is 0.390 e. The van der Waals surface area contributed by atoms with Crippen LogP contribution in [-0.4, -0.2) is 25.1 Å². The van der Waals surface area contributed by atoms with Gasteiger partial charge in [0.05, 0.1) is 18.8 Å². The third-order valence-corrected chi connectivity index (χ3v) is 2.33. The molecule has 0 fully saturated rings. The van der Waals surface area contributed by atoms with Crippen LogP contribution in [0.25, 0.3) is 11.3 Å². The number of aliphatic hydroxyl groups excluding tert-OH is 1. The molecule has 5 nitrogen and oxygen atoms in total. The summed E-state index contributed by atoms with van der Waals surface area (Å²) >= 11 is 0. The van der Waals surface area contributed by atoms with Crippen LogP contribution in [0.2, 0.25) is 0 Å². The summed E-state index contributed by atoms with van der Waals surface area (Å²) in [6.07, 6.45) is 3.41. The maximum atomic E-state index is 9.27. The van der Waals surface area contributed by atoms with E-state index in [9.17, 15) is 5.11 Å². The van der Waals surface area contributed by atoms with E-state index >= 15 is 0 Å². The number of allylic oxidation sites excluding steroid dienone is 1. The SMILES string of the molecule is C=C(C)Cn1nnc(CO)c1-c1ccncc1. The Kier molecular flexibility index (Phi) is 3.30. The van der Waals surface area contributed by atoms with E-state index in [-0.39, 0.29) is 6.61 Å². The topological polar surface area (TPSA) is 63.8 Å². The first-order valence-electron chi connectivity index (χ1n) is 5.30. The van der Waals surface area contributed by atoms with Gasteiger partial charge in [0.15, 0.2) is 0 Å². The summed E-state index contributed by atoms with van der Waals surface area (Å²) in [6, 6.07) is 3.74. The van der Waals surface area contributed by atoms with Crippen molar-refractivity contribution < 1.29 is 5.11 Å². The average Bonchev–Trinajstić information content (AvgIpc) is 2.72. The van der Waals surface area contributed by atoms with Gasteiger partial charge in [-0.05, 0) is 19.1 Å². The minimum Gasteiger partial charge on any atom is -0.390 e. The van der Waals surface area contributed by atoms with Crippen molar-refractivity contribution in [2.75, 3.05) is 0 Å². The van der Waals surface area contributed by atoms with Crippen LogP contribution in [-0.2, 0) is 13.2 Å². The molecule has 0 saturated carbocycles. The third kappa shape index (κ3) is 2.39. The van der Waals surface area contributed by atoms with Gasteiger partial charge >= 0.3 is 0 Å². The summed E-state index contributed by atoms with van der Waals surface area (Å²) < 4.78 is 1.74. The predicted octanol–water partition coefficient (Wildman–Crippen LogP) is 1.41. The first kappa shape index (κ1) is 11.5. The van der Waals surface area contributed by atoms with E-state index in [4.69, 9.17) is 0 Å². The molecule has 88 valence electrons. The second kappa shape index (κ2) is 4.88. The second-order valence-electron chi connectivity index (χ2n) is 3.89. The van der Waals surface area contributed by atoms with Gasteiger partial charge in [-0.25, -0.2) is 4.68 Å². The minimum atomic E-state index is -0.131. The van der Waals surface area contributed by atoms with Crippen LogP contribution < -0.4 is 0 Å². The molecule has 0 bridgehead atoms. The normalized spacial score (nSPS) is 10.5. The van der Waals surface area contributed by atoms with Gasteiger partial charge in [0.1, 0.15) is 5.69 Å². The summed E-state index contributed by atoms with van der Waals surface area (Å²) in [5, 5.41) is 17.3. The molecule has 0 spiro atoms. The van der Waals surface area contributed by atoms with Crippen molar-refractivity contribution in [1.82, 2.24) is 20.0 Å². The van der Waals surface area contributed by atoms with Crippen LogP contribution in [0, 0.1) is 0 Å². The molecular formula is C12H14N4O. The van der Waals surface area contributed by atoms with E-state index in [0.717, 1.165) is 16.8 Å². The number of pyridine rings is 1. The van der Waals surface area contributed by atoms with Crippen molar-refractivity contribution in [1.29, 1.82) is 0 Å². The predicted molar refractivity (Wildman–Crippen MR) is 64.0 cm³/mol. The van der Waals surface area contributed by atoms with Gasteiger partial charge in [-0.3, -0.25) is 4.98 Å². The molecule has 0 saturated heterocycles. The maximum absolute atomic E-state index is 9.27. The number of aromatic nitrogens is 4. The van der Waals surface area contributed by atoms with E-state index in [1.54, 1.807) is 17.1 Å². The third-order valence-electron chi connectivity index (χ3n) is 2.33. The van der Waals surface area contributed by atoms with Gasteiger partial charge in [-0.2, -0.15) is 0 Å². The van der Waals surface area contributed by atoms with Crippen LogP contribution in [0.15, 0.2) is 36.7 Å². The molecule has 0 amide bonds. The van der Waals surface area contributed by atoms with E-state index in [0.29, 0.717) is 12.2 Å². The Morgan fingerprint density at radius 3 is 2.71 bits per heavy atom. The van der Waals surface area contributed by atoms with Crippen LogP contribution in [0.3, 0.4) is 0 Å². The molecule has 1 N–H and O–H groups in total. The minimum absolute atomic E-state index is 0.131. The highest BCUT2D eigenvalue weighted by Crippen LogP contribution is 2.22. The lowest BCUT2D eigenvalue weighted by Gasteiger charge is -2.07. The van der Waals surface area contributed by atoms with Gasteiger partial charge in [0.2, 0.25) is 0 Å². The monoisotopic (exact) mass is 230 g/mol. The summed E-state index contributed by atoms with van der Waals surface area (Å²) in [5.74, 6) is 0. The summed E-state index contributed by atoms with van der Waals surface area (Å²) in [7, 11) is 0. The van der Waals surface area contributed by atoms with Gasteiger partial charge in [0.25, 0.3) is 0 Å². The average molecular weight is 230 g/mol. The summed E-state index contributed by atoms with van der Waals surface area (Å²) in [6.45, 7) is 6.24. The van der Waals surface area contributed by atoms with E-state index in [1.165, 1.54) is 0 Å². The number of aliphatic hydroxyl groups is 1. The van der Waals surface area contributed by atoms with Crippen molar-refractivity contribution in [2.45, 2.75) is 20.1 Å². The molecule has 0 aromatic carbocycles. The maximum Gasteiger partial charge on any atom is 0.116 e. The first-order chi connectivity index (χ1) is 8.22.